The van der Waals surface area contributed by atoms with E-state index in [0.717, 1.165) is 22.3 Å². The highest BCUT2D eigenvalue weighted by Crippen LogP contribution is 2.44. The molecule has 0 unspecified atom stereocenters. The van der Waals surface area contributed by atoms with E-state index >= 15 is 0 Å². The predicted molar refractivity (Wildman–Crippen MR) is 122 cm³/mol. The zero-order chi connectivity index (χ0) is 25.8. The van der Waals surface area contributed by atoms with Crippen molar-refractivity contribution in [1.82, 2.24) is 10.6 Å². The molecule has 1 aliphatic rings. The molecule has 0 saturated heterocycles. The van der Waals surface area contributed by atoms with Crippen LogP contribution in [0.4, 0.5) is 18.0 Å². The third-order valence-electron chi connectivity index (χ3n) is 5.98. The van der Waals surface area contributed by atoms with E-state index in [1.165, 1.54) is 13.8 Å². The van der Waals surface area contributed by atoms with Crippen LogP contribution in [0, 0.1) is 5.41 Å². The van der Waals surface area contributed by atoms with Crippen molar-refractivity contribution in [2.45, 2.75) is 44.8 Å². The number of aliphatic carboxylic acids is 1. The number of carbonyl (C=O) groups excluding carboxylic acids is 2. The summed E-state index contributed by atoms with van der Waals surface area (Å²) >= 11 is 0. The number of benzene rings is 2. The summed E-state index contributed by atoms with van der Waals surface area (Å²) < 4.78 is 45.0. The van der Waals surface area contributed by atoms with E-state index in [0.29, 0.717) is 0 Å². The van der Waals surface area contributed by atoms with E-state index < -0.39 is 48.4 Å². The molecule has 0 aliphatic heterocycles. The number of alkyl halides is 3. The molecule has 0 bridgehead atoms. The number of carboxylic acid groups (broad SMARTS) is 1. The number of nitrogens with one attached hydrogen (secondary N) is 2. The predicted octanol–water partition coefficient (Wildman–Crippen LogP) is 4.46. The van der Waals surface area contributed by atoms with Crippen LogP contribution in [0.5, 0.6) is 0 Å². The number of amides is 2. The summed E-state index contributed by atoms with van der Waals surface area (Å²) in [4.78, 5) is 35.5. The minimum Gasteiger partial charge on any atom is -0.481 e. The Labute approximate surface area is 200 Å². The maximum atomic E-state index is 13.2. The van der Waals surface area contributed by atoms with Crippen LogP contribution in [0.15, 0.2) is 48.5 Å². The van der Waals surface area contributed by atoms with Crippen LogP contribution in [0.3, 0.4) is 0 Å². The summed E-state index contributed by atoms with van der Waals surface area (Å²) in [6.07, 6.45) is -7.14. The Morgan fingerprint density at radius 3 is 2.06 bits per heavy atom. The van der Waals surface area contributed by atoms with Crippen LogP contribution in [-0.2, 0) is 14.3 Å². The SMILES string of the molecule is CC(C)(CNC(=O)OCC1c2ccccc2-c2ccccc21)C(=O)N[C@@H](CCC(=O)O)C(F)(F)F. The molecular formula is C25H27F3N2O5. The van der Waals surface area contributed by atoms with Crippen LogP contribution < -0.4 is 10.6 Å². The van der Waals surface area contributed by atoms with Gasteiger partial charge in [-0.15, -0.1) is 0 Å². The number of hydrogen-bond acceptors (Lipinski definition) is 4. The van der Waals surface area contributed by atoms with Crippen LogP contribution in [-0.4, -0.2) is 48.4 Å². The summed E-state index contributed by atoms with van der Waals surface area (Å²) in [6, 6.07) is 13.3. The number of fused-ring (bicyclic) bond motifs is 3. The molecule has 2 aromatic carbocycles. The monoisotopic (exact) mass is 492 g/mol. The highest BCUT2D eigenvalue weighted by atomic mass is 19.4. The summed E-state index contributed by atoms with van der Waals surface area (Å²) in [5.41, 5.74) is 2.79. The fourth-order valence-electron chi connectivity index (χ4n) is 3.96. The molecule has 35 heavy (non-hydrogen) atoms. The minimum absolute atomic E-state index is 0.0534. The molecule has 3 N–H and O–H groups in total. The van der Waals surface area contributed by atoms with Gasteiger partial charge in [0.15, 0.2) is 0 Å². The first-order valence-electron chi connectivity index (χ1n) is 11.1. The summed E-state index contributed by atoms with van der Waals surface area (Å²) in [6.45, 7) is 2.52. The first kappa shape index (κ1) is 26.1. The standard InChI is InChI=1S/C25H27F3N2O5/c1-24(2,22(33)30-20(25(26,27)28)11-12-21(31)32)14-29-23(34)35-13-19-17-9-5-3-7-15(17)16-8-4-6-10-18(16)19/h3-10,19-20H,11-14H2,1-2H3,(H,29,34)(H,30,33)(H,31,32)/t20-/m0/s1. The van der Waals surface area contributed by atoms with Crippen LogP contribution >= 0.6 is 0 Å². The van der Waals surface area contributed by atoms with Gasteiger partial charge in [-0.05, 0) is 42.5 Å². The summed E-state index contributed by atoms with van der Waals surface area (Å²) in [7, 11) is 0. The molecule has 0 saturated carbocycles. The summed E-state index contributed by atoms with van der Waals surface area (Å²) in [5.74, 6) is -2.53. The first-order chi connectivity index (χ1) is 16.4. The first-order valence-corrected chi connectivity index (χ1v) is 11.1. The van der Waals surface area contributed by atoms with E-state index in [9.17, 15) is 27.6 Å². The normalized spacial score (nSPS) is 14.0. The van der Waals surface area contributed by atoms with E-state index in [1.54, 1.807) is 0 Å². The Hall–Kier alpha value is -3.56. The molecule has 2 aromatic rings. The van der Waals surface area contributed by atoms with Crippen molar-refractivity contribution >= 4 is 18.0 Å². The van der Waals surface area contributed by atoms with Crippen molar-refractivity contribution in [2.24, 2.45) is 5.41 Å². The highest BCUT2D eigenvalue weighted by Gasteiger charge is 2.43. The number of rotatable bonds is 9. The van der Waals surface area contributed by atoms with Crippen LogP contribution in [0.2, 0.25) is 0 Å². The molecular weight excluding hydrogens is 465 g/mol. The van der Waals surface area contributed by atoms with Gasteiger partial charge in [0.1, 0.15) is 12.6 Å². The zero-order valence-corrected chi connectivity index (χ0v) is 19.3. The fraction of sp³-hybridized carbons (Fsp3) is 0.400. The number of hydrogen-bond donors (Lipinski definition) is 3. The zero-order valence-electron chi connectivity index (χ0n) is 19.3. The van der Waals surface area contributed by atoms with Crippen molar-refractivity contribution in [3.63, 3.8) is 0 Å². The lowest BCUT2D eigenvalue weighted by Gasteiger charge is -2.28. The second-order valence-corrected chi connectivity index (χ2v) is 9.06. The quantitative estimate of drug-likeness (QED) is 0.479. The van der Waals surface area contributed by atoms with Gasteiger partial charge in [0.2, 0.25) is 5.91 Å². The molecule has 0 radical (unpaired) electrons. The molecule has 1 aliphatic carbocycles. The average Bonchev–Trinajstić information content (AvgIpc) is 3.11. The third kappa shape index (κ3) is 6.32. The second-order valence-electron chi connectivity index (χ2n) is 9.06. The van der Waals surface area contributed by atoms with Crippen molar-refractivity contribution in [3.8, 4) is 11.1 Å². The molecule has 1 atom stereocenters. The Kier molecular flexibility index (Phi) is 7.72. The van der Waals surface area contributed by atoms with Gasteiger partial charge in [-0.3, -0.25) is 9.59 Å². The molecule has 2 amide bonds. The van der Waals surface area contributed by atoms with Gasteiger partial charge in [0, 0.05) is 18.9 Å². The molecule has 7 nitrogen and oxygen atoms in total. The van der Waals surface area contributed by atoms with Crippen LogP contribution in [0.1, 0.15) is 43.7 Å². The van der Waals surface area contributed by atoms with E-state index in [-0.39, 0.29) is 19.1 Å². The van der Waals surface area contributed by atoms with E-state index in [1.807, 2.05) is 53.8 Å². The number of carbonyl (C=O) groups is 3. The molecule has 0 fully saturated rings. The molecule has 0 aromatic heterocycles. The van der Waals surface area contributed by atoms with Gasteiger partial charge in [0.25, 0.3) is 0 Å². The molecule has 10 heteroatoms. The largest absolute Gasteiger partial charge is 0.481 e. The Morgan fingerprint density at radius 1 is 1.00 bits per heavy atom. The van der Waals surface area contributed by atoms with Gasteiger partial charge < -0.3 is 20.5 Å². The van der Waals surface area contributed by atoms with Crippen molar-refractivity contribution < 1.29 is 37.4 Å². The topological polar surface area (TPSA) is 105 Å². The van der Waals surface area contributed by atoms with E-state index in [2.05, 4.69) is 5.32 Å². The van der Waals surface area contributed by atoms with E-state index in [4.69, 9.17) is 9.84 Å². The lowest BCUT2D eigenvalue weighted by Crippen LogP contribution is -2.52. The van der Waals surface area contributed by atoms with Crippen molar-refractivity contribution in [2.75, 3.05) is 13.2 Å². The number of alkyl carbamates (subject to hydrolysis) is 1. The van der Waals surface area contributed by atoms with Gasteiger partial charge in [-0.2, -0.15) is 13.2 Å². The fourth-order valence-corrected chi connectivity index (χ4v) is 3.96. The summed E-state index contributed by atoms with van der Waals surface area (Å²) in [5, 5.41) is 13.0. The maximum absolute atomic E-state index is 13.2. The highest BCUT2D eigenvalue weighted by molar-refractivity contribution is 5.83. The molecule has 0 heterocycles. The van der Waals surface area contributed by atoms with Gasteiger partial charge in [-0.1, -0.05) is 48.5 Å². The number of carboxylic acids is 1. The van der Waals surface area contributed by atoms with Gasteiger partial charge >= 0.3 is 18.2 Å². The van der Waals surface area contributed by atoms with Crippen LogP contribution in [0.25, 0.3) is 11.1 Å². The molecule has 188 valence electrons. The minimum atomic E-state index is -4.80. The lowest BCUT2D eigenvalue weighted by molar-refractivity contribution is -0.167. The van der Waals surface area contributed by atoms with Crippen molar-refractivity contribution in [1.29, 1.82) is 0 Å². The Balaban J connectivity index is 1.56. The number of ether oxygens (including phenoxy) is 1. The Morgan fingerprint density at radius 2 is 1.54 bits per heavy atom. The number of halogens is 3. The maximum Gasteiger partial charge on any atom is 0.408 e. The second kappa shape index (κ2) is 10.4. The molecule has 0 spiro atoms. The lowest BCUT2D eigenvalue weighted by atomic mass is 9.91. The Bertz CT molecular complexity index is 1060. The van der Waals surface area contributed by atoms with Gasteiger partial charge in [-0.25, -0.2) is 4.79 Å². The molecule has 3 rings (SSSR count). The average molecular weight is 492 g/mol. The third-order valence-corrected chi connectivity index (χ3v) is 5.98. The smallest absolute Gasteiger partial charge is 0.408 e. The van der Waals surface area contributed by atoms with Gasteiger partial charge in [0.05, 0.1) is 5.41 Å². The van der Waals surface area contributed by atoms with Crippen molar-refractivity contribution in [3.05, 3.63) is 59.7 Å².